The number of hydrogen-bond acceptors (Lipinski definition) is 3. The van der Waals surface area contributed by atoms with Gasteiger partial charge in [-0.25, -0.2) is 4.39 Å². The molecule has 1 amide bonds. The third-order valence-corrected chi connectivity index (χ3v) is 3.67. The molecule has 0 aliphatic carbocycles. The number of nitrogens with zero attached hydrogens (tertiary/aromatic N) is 2. The fourth-order valence-electron chi connectivity index (χ4n) is 2.46. The van der Waals surface area contributed by atoms with E-state index in [4.69, 9.17) is 5.73 Å². The van der Waals surface area contributed by atoms with Crippen LogP contribution in [-0.4, -0.2) is 22.8 Å². The van der Waals surface area contributed by atoms with E-state index in [0.29, 0.717) is 23.3 Å². The van der Waals surface area contributed by atoms with Crippen LogP contribution < -0.4 is 5.73 Å². The van der Waals surface area contributed by atoms with Crippen molar-refractivity contribution in [3.05, 3.63) is 71.7 Å². The smallest absolute Gasteiger partial charge is 0.255 e. The number of anilines is 1. The predicted molar refractivity (Wildman–Crippen MR) is 88.4 cm³/mol. The molecule has 0 aliphatic rings. The fourth-order valence-corrected chi connectivity index (χ4v) is 2.46. The summed E-state index contributed by atoms with van der Waals surface area (Å²) in [6.45, 7) is 0.397. The van der Waals surface area contributed by atoms with E-state index in [-0.39, 0.29) is 11.7 Å². The molecule has 2 aromatic carbocycles. The number of pyridine rings is 1. The summed E-state index contributed by atoms with van der Waals surface area (Å²) < 4.78 is 12.9. The topological polar surface area (TPSA) is 59.2 Å². The molecule has 23 heavy (non-hydrogen) atoms. The quantitative estimate of drug-likeness (QED) is 0.756. The Labute approximate surface area is 133 Å². The van der Waals surface area contributed by atoms with E-state index in [1.165, 1.54) is 18.3 Å². The molecule has 0 saturated carbocycles. The highest BCUT2D eigenvalue weighted by Gasteiger charge is 2.13. The van der Waals surface area contributed by atoms with Gasteiger partial charge >= 0.3 is 0 Å². The number of rotatable bonds is 3. The summed E-state index contributed by atoms with van der Waals surface area (Å²) in [7, 11) is 1.70. The summed E-state index contributed by atoms with van der Waals surface area (Å²) in [5.41, 5.74) is 8.49. The molecule has 0 fully saturated rings. The predicted octanol–water partition coefficient (Wildman–Crippen LogP) is 3.23. The molecule has 0 bridgehead atoms. The number of para-hydroxylation sites is 1. The lowest BCUT2D eigenvalue weighted by Crippen LogP contribution is -2.26. The lowest BCUT2D eigenvalue weighted by Gasteiger charge is -2.17. The van der Waals surface area contributed by atoms with Crippen molar-refractivity contribution in [3.63, 3.8) is 0 Å². The van der Waals surface area contributed by atoms with Crippen LogP contribution in [0.2, 0.25) is 0 Å². The van der Waals surface area contributed by atoms with Crippen LogP contribution in [0.15, 0.2) is 54.7 Å². The van der Waals surface area contributed by atoms with Crippen LogP contribution in [-0.2, 0) is 6.54 Å². The Morgan fingerprint density at radius 2 is 1.96 bits per heavy atom. The van der Waals surface area contributed by atoms with E-state index >= 15 is 0 Å². The van der Waals surface area contributed by atoms with Crippen molar-refractivity contribution in [3.8, 4) is 0 Å². The minimum Gasteiger partial charge on any atom is -0.397 e. The van der Waals surface area contributed by atoms with Crippen molar-refractivity contribution in [2.45, 2.75) is 6.54 Å². The molecular formula is C18H16FN3O. The molecule has 0 aliphatic heterocycles. The number of benzene rings is 2. The van der Waals surface area contributed by atoms with E-state index in [2.05, 4.69) is 4.98 Å². The van der Waals surface area contributed by atoms with Gasteiger partial charge in [0.25, 0.3) is 5.91 Å². The SMILES string of the molecule is CN(Cc1ccc(F)cc1)C(=O)c1cnc2c(N)cccc2c1. The maximum atomic E-state index is 12.9. The Hall–Kier alpha value is -2.95. The van der Waals surface area contributed by atoms with Crippen LogP contribution in [0.5, 0.6) is 0 Å². The maximum absolute atomic E-state index is 12.9. The Kier molecular flexibility index (Phi) is 3.93. The van der Waals surface area contributed by atoms with Crippen LogP contribution in [0, 0.1) is 5.82 Å². The van der Waals surface area contributed by atoms with Crippen molar-refractivity contribution >= 4 is 22.5 Å². The third kappa shape index (κ3) is 3.13. The molecule has 1 aromatic heterocycles. The second-order valence-electron chi connectivity index (χ2n) is 5.43. The summed E-state index contributed by atoms with van der Waals surface area (Å²) >= 11 is 0. The van der Waals surface area contributed by atoms with Gasteiger partial charge in [-0.05, 0) is 29.8 Å². The molecule has 5 heteroatoms. The minimum atomic E-state index is -0.293. The first-order chi connectivity index (χ1) is 11.0. The van der Waals surface area contributed by atoms with Gasteiger partial charge in [0.1, 0.15) is 5.82 Å². The molecule has 0 saturated heterocycles. The number of nitrogen functional groups attached to an aromatic ring is 1. The zero-order valence-electron chi connectivity index (χ0n) is 12.7. The summed E-state index contributed by atoms with van der Waals surface area (Å²) in [5, 5.41) is 0.825. The fraction of sp³-hybridized carbons (Fsp3) is 0.111. The first-order valence-corrected chi connectivity index (χ1v) is 7.19. The largest absolute Gasteiger partial charge is 0.397 e. The van der Waals surface area contributed by atoms with E-state index < -0.39 is 0 Å². The second-order valence-corrected chi connectivity index (χ2v) is 5.43. The molecule has 0 spiro atoms. The highest BCUT2D eigenvalue weighted by Crippen LogP contribution is 2.20. The molecule has 0 atom stereocenters. The minimum absolute atomic E-state index is 0.147. The molecule has 4 nitrogen and oxygen atoms in total. The van der Waals surface area contributed by atoms with Gasteiger partial charge in [-0.2, -0.15) is 0 Å². The van der Waals surface area contributed by atoms with Crippen LogP contribution in [0.1, 0.15) is 15.9 Å². The van der Waals surface area contributed by atoms with Gasteiger partial charge in [-0.3, -0.25) is 9.78 Å². The maximum Gasteiger partial charge on any atom is 0.255 e. The standard InChI is InChI=1S/C18H16FN3O/c1-22(11-12-5-7-15(19)8-6-12)18(23)14-9-13-3-2-4-16(20)17(13)21-10-14/h2-10H,11,20H2,1H3. The number of hydrogen-bond donors (Lipinski definition) is 1. The Bertz CT molecular complexity index is 862. The summed E-state index contributed by atoms with van der Waals surface area (Å²) in [6, 6.07) is 13.4. The van der Waals surface area contributed by atoms with E-state index in [1.807, 2.05) is 12.1 Å². The number of carbonyl (C=O) groups excluding carboxylic acids is 1. The average molecular weight is 309 g/mol. The highest BCUT2D eigenvalue weighted by molar-refractivity contribution is 5.99. The molecule has 1 heterocycles. The second kappa shape index (κ2) is 6.04. The lowest BCUT2D eigenvalue weighted by atomic mass is 10.1. The first-order valence-electron chi connectivity index (χ1n) is 7.19. The third-order valence-electron chi connectivity index (χ3n) is 3.67. The number of nitrogens with two attached hydrogens (primary N) is 1. The van der Waals surface area contributed by atoms with E-state index in [1.54, 1.807) is 36.2 Å². The highest BCUT2D eigenvalue weighted by atomic mass is 19.1. The van der Waals surface area contributed by atoms with Gasteiger partial charge in [0.05, 0.1) is 16.8 Å². The van der Waals surface area contributed by atoms with Crippen LogP contribution in [0.25, 0.3) is 10.9 Å². The number of carbonyl (C=O) groups is 1. The van der Waals surface area contributed by atoms with Gasteiger partial charge in [-0.1, -0.05) is 24.3 Å². The van der Waals surface area contributed by atoms with Crippen LogP contribution in [0.3, 0.4) is 0 Å². The monoisotopic (exact) mass is 309 g/mol. The first kappa shape index (κ1) is 15.0. The molecule has 0 unspecified atom stereocenters. The van der Waals surface area contributed by atoms with Gasteiger partial charge in [0.2, 0.25) is 0 Å². The average Bonchev–Trinajstić information content (AvgIpc) is 2.56. The normalized spacial score (nSPS) is 10.7. The number of halogens is 1. The Morgan fingerprint density at radius 3 is 2.70 bits per heavy atom. The number of amides is 1. The summed E-state index contributed by atoms with van der Waals surface area (Å²) in [4.78, 5) is 18.4. The zero-order valence-corrected chi connectivity index (χ0v) is 12.7. The molecule has 0 radical (unpaired) electrons. The molecule has 3 aromatic rings. The van der Waals surface area contributed by atoms with Gasteiger partial charge in [-0.15, -0.1) is 0 Å². The molecule has 3 rings (SSSR count). The summed E-state index contributed by atoms with van der Waals surface area (Å²) in [6.07, 6.45) is 1.53. The van der Waals surface area contributed by atoms with Crippen LogP contribution >= 0.6 is 0 Å². The number of aromatic nitrogens is 1. The van der Waals surface area contributed by atoms with Crippen molar-refractivity contribution in [1.82, 2.24) is 9.88 Å². The lowest BCUT2D eigenvalue weighted by molar-refractivity contribution is 0.0785. The Balaban J connectivity index is 1.83. The van der Waals surface area contributed by atoms with E-state index in [9.17, 15) is 9.18 Å². The van der Waals surface area contributed by atoms with E-state index in [0.717, 1.165) is 10.9 Å². The zero-order chi connectivity index (χ0) is 16.4. The van der Waals surface area contributed by atoms with Gasteiger partial charge in [0, 0.05) is 25.2 Å². The van der Waals surface area contributed by atoms with Crippen molar-refractivity contribution < 1.29 is 9.18 Å². The molecular weight excluding hydrogens is 293 g/mol. The van der Waals surface area contributed by atoms with Gasteiger partial charge < -0.3 is 10.6 Å². The molecule has 2 N–H and O–H groups in total. The van der Waals surface area contributed by atoms with Crippen molar-refractivity contribution in [2.24, 2.45) is 0 Å². The summed E-state index contributed by atoms with van der Waals surface area (Å²) in [5.74, 6) is -0.440. The molecule has 116 valence electrons. The van der Waals surface area contributed by atoms with Crippen molar-refractivity contribution in [2.75, 3.05) is 12.8 Å². The van der Waals surface area contributed by atoms with Gasteiger partial charge in [0.15, 0.2) is 0 Å². The van der Waals surface area contributed by atoms with Crippen LogP contribution in [0.4, 0.5) is 10.1 Å². The number of fused-ring (bicyclic) bond motifs is 1. The van der Waals surface area contributed by atoms with Crippen molar-refractivity contribution in [1.29, 1.82) is 0 Å². The Morgan fingerprint density at radius 1 is 1.22 bits per heavy atom.